The van der Waals surface area contributed by atoms with E-state index in [0.29, 0.717) is 13.2 Å². The Hall–Kier alpha value is -2.22. The zero-order chi connectivity index (χ0) is 15.5. The first-order valence-corrected chi connectivity index (χ1v) is 6.58. The third-order valence-corrected chi connectivity index (χ3v) is 3.74. The number of carboxylic acids is 1. The molecule has 1 aliphatic rings. The van der Waals surface area contributed by atoms with Gasteiger partial charge in [-0.2, -0.15) is 0 Å². The number of hydrogen-bond donors (Lipinski definition) is 2. The Morgan fingerprint density at radius 1 is 1.62 bits per heavy atom. The molecule has 1 heterocycles. The fraction of sp³-hybridized carbons (Fsp3) is 0.538. The highest BCUT2D eigenvalue weighted by atomic mass is 16.6. The van der Waals surface area contributed by atoms with E-state index in [2.05, 4.69) is 10.3 Å². The fourth-order valence-electron chi connectivity index (χ4n) is 2.14. The van der Waals surface area contributed by atoms with Gasteiger partial charge >= 0.3 is 5.97 Å². The molecule has 21 heavy (non-hydrogen) atoms. The number of rotatable bonds is 8. The summed E-state index contributed by atoms with van der Waals surface area (Å²) >= 11 is 0. The second-order valence-electron chi connectivity index (χ2n) is 5.25. The number of hydrogen-bond acceptors (Lipinski definition) is 6. The van der Waals surface area contributed by atoms with Gasteiger partial charge in [0, 0.05) is 26.3 Å². The summed E-state index contributed by atoms with van der Waals surface area (Å²) in [7, 11) is 1.64. The largest absolute Gasteiger partial charge is 0.478 e. The number of anilines is 1. The SMILES string of the molecule is COCCC1(CNc2ncc([N+](=O)[O-])cc2C(=O)O)CC1. The van der Waals surface area contributed by atoms with Crippen LogP contribution in [-0.4, -0.2) is 41.2 Å². The van der Waals surface area contributed by atoms with Gasteiger partial charge in [-0.15, -0.1) is 0 Å². The van der Waals surface area contributed by atoms with Gasteiger partial charge in [-0.1, -0.05) is 0 Å². The van der Waals surface area contributed by atoms with Crippen LogP contribution in [0.4, 0.5) is 11.5 Å². The monoisotopic (exact) mass is 295 g/mol. The fourth-order valence-corrected chi connectivity index (χ4v) is 2.14. The quantitative estimate of drug-likeness (QED) is 0.556. The van der Waals surface area contributed by atoms with Crippen molar-refractivity contribution in [3.05, 3.63) is 27.9 Å². The molecule has 0 amide bonds. The molecule has 0 spiro atoms. The molecule has 0 atom stereocenters. The first kappa shape index (κ1) is 15.2. The number of nitrogens with zero attached hydrogens (tertiary/aromatic N) is 2. The Morgan fingerprint density at radius 2 is 2.33 bits per heavy atom. The number of aromatic carboxylic acids is 1. The third-order valence-electron chi connectivity index (χ3n) is 3.74. The maximum atomic E-state index is 11.2. The van der Waals surface area contributed by atoms with Gasteiger partial charge in [0.2, 0.25) is 0 Å². The number of methoxy groups -OCH3 is 1. The summed E-state index contributed by atoms with van der Waals surface area (Å²) in [5.41, 5.74) is -0.403. The number of nitro groups is 1. The maximum Gasteiger partial charge on any atom is 0.339 e. The molecule has 2 N–H and O–H groups in total. The minimum absolute atomic E-state index is 0.120. The zero-order valence-corrected chi connectivity index (χ0v) is 11.7. The van der Waals surface area contributed by atoms with Crippen molar-refractivity contribution in [3.63, 3.8) is 0 Å². The average molecular weight is 295 g/mol. The summed E-state index contributed by atoms with van der Waals surface area (Å²) in [6.07, 6.45) is 4.06. The molecule has 1 aliphatic carbocycles. The van der Waals surface area contributed by atoms with Gasteiger partial charge in [-0.05, 0) is 24.7 Å². The van der Waals surface area contributed by atoms with E-state index in [1.165, 1.54) is 0 Å². The van der Waals surface area contributed by atoms with Crippen LogP contribution in [0.15, 0.2) is 12.3 Å². The van der Waals surface area contributed by atoms with Crippen molar-refractivity contribution in [2.24, 2.45) is 5.41 Å². The molecule has 1 saturated carbocycles. The molecule has 1 fully saturated rings. The van der Waals surface area contributed by atoms with Crippen molar-refractivity contribution in [2.45, 2.75) is 19.3 Å². The van der Waals surface area contributed by atoms with Crippen molar-refractivity contribution in [1.82, 2.24) is 4.98 Å². The molecule has 0 aliphatic heterocycles. The van der Waals surface area contributed by atoms with Crippen LogP contribution >= 0.6 is 0 Å². The van der Waals surface area contributed by atoms with Crippen LogP contribution < -0.4 is 5.32 Å². The molecule has 0 saturated heterocycles. The summed E-state index contributed by atoms with van der Waals surface area (Å²) in [5.74, 6) is -1.08. The number of pyridine rings is 1. The lowest BCUT2D eigenvalue weighted by atomic mass is 10.0. The first-order valence-electron chi connectivity index (χ1n) is 6.58. The van der Waals surface area contributed by atoms with E-state index in [-0.39, 0.29) is 22.5 Å². The Morgan fingerprint density at radius 3 is 2.86 bits per heavy atom. The standard InChI is InChI=1S/C13H17N3O5/c1-21-5-4-13(2-3-13)8-15-11-10(12(17)18)6-9(7-14-11)16(19)20/h6-7H,2-5,8H2,1H3,(H,14,15)(H,17,18). The van der Waals surface area contributed by atoms with Gasteiger partial charge in [0.15, 0.2) is 0 Å². The molecule has 0 radical (unpaired) electrons. The molecule has 0 aromatic carbocycles. The van der Waals surface area contributed by atoms with Crippen LogP contribution in [0.1, 0.15) is 29.6 Å². The Labute approximate surface area is 121 Å². The highest BCUT2D eigenvalue weighted by molar-refractivity contribution is 5.93. The van der Waals surface area contributed by atoms with Crippen LogP contribution in [-0.2, 0) is 4.74 Å². The Kier molecular flexibility index (Phi) is 4.37. The topological polar surface area (TPSA) is 115 Å². The summed E-state index contributed by atoms with van der Waals surface area (Å²) in [6.45, 7) is 1.24. The molecule has 8 nitrogen and oxygen atoms in total. The number of nitrogens with one attached hydrogen (secondary N) is 1. The van der Waals surface area contributed by atoms with Gasteiger partial charge in [-0.3, -0.25) is 10.1 Å². The second kappa shape index (κ2) is 6.04. The minimum Gasteiger partial charge on any atom is -0.478 e. The molecular formula is C13H17N3O5. The summed E-state index contributed by atoms with van der Waals surface area (Å²) in [4.78, 5) is 25.1. The Balaban J connectivity index is 2.09. The van der Waals surface area contributed by atoms with Gasteiger partial charge < -0.3 is 15.2 Å². The number of ether oxygens (including phenoxy) is 1. The second-order valence-corrected chi connectivity index (χ2v) is 5.25. The lowest BCUT2D eigenvalue weighted by molar-refractivity contribution is -0.385. The number of carbonyl (C=O) groups is 1. The van der Waals surface area contributed by atoms with Crippen LogP contribution in [0.5, 0.6) is 0 Å². The van der Waals surface area contributed by atoms with Gasteiger partial charge in [0.25, 0.3) is 5.69 Å². The zero-order valence-electron chi connectivity index (χ0n) is 11.7. The van der Waals surface area contributed by atoms with Crippen LogP contribution in [0.3, 0.4) is 0 Å². The van der Waals surface area contributed by atoms with Crippen molar-refractivity contribution in [3.8, 4) is 0 Å². The third kappa shape index (κ3) is 3.66. The molecular weight excluding hydrogens is 278 g/mol. The number of carboxylic acid groups (broad SMARTS) is 1. The van der Waals surface area contributed by atoms with Crippen molar-refractivity contribution >= 4 is 17.5 Å². The van der Waals surface area contributed by atoms with E-state index in [0.717, 1.165) is 31.5 Å². The molecule has 0 unspecified atom stereocenters. The van der Waals surface area contributed by atoms with Gasteiger partial charge in [-0.25, -0.2) is 9.78 Å². The summed E-state index contributed by atoms with van der Waals surface area (Å²) in [5, 5.41) is 22.8. The van der Waals surface area contributed by atoms with Crippen LogP contribution in [0, 0.1) is 15.5 Å². The van der Waals surface area contributed by atoms with Crippen LogP contribution in [0.2, 0.25) is 0 Å². The normalized spacial score (nSPS) is 15.5. The van der Waals surface area contributed by atoms with E-state index < -0.39 is 10.9 Å². The summed E-state index contributed by atoms with van der Waals surface area (Å²) in [6, 6.07) is 1.02. The van der Waals surface area contributed by atoms with Crippen molar-refractivity contribution < 1.29 is 19.6 Å². The van der Waals surface area contributed by atoms with E-state index >= 15 is 0 Å². The molecule has 8 heteroatoms. The highest BCUT2D eigenvalue weighted by Gasteiger charge is 2.42. The van der Waals surface area contributed by atoms with Gasteiger partial charge in [0.05, 0.1) is 4.92 Å². The smallest absolute Gasteiger partial charge is 0.339 e. The molecule has 2 rings (SSSR count). The van der Waals surface area contributed by atoms with Gasteiger partial charge in [0.1, 0.15) is 17.6 Å². The maximum absolute atomic E-state index is 11.2. The predicted molar refractivity (Wildman–Crippen MR) is 74.5 cm³/mol. The van der Waals surface area contributed by atoms with E-state index in [1.54, 1.807) is 7.11 Å². The lowest BCUT2D eigenvalue weighted by Gasteiger charge is -2.16. The molecule has 1 aromatic rings. The lowest BCUT2D eigenvalue weighted by Crippen LogP contribution is -2.19. The highest BCUT2D eigenvalue weighted by Crippen LogP contribution is 2.48. The van der Waals surface area contributed by atoms with Crippen molar-refractivity contribution in [2.75, 3.05) is 25.6 Å². The molecule has 114 valence electrons. The minimum atomic E-state index is -1.24. The van der Waals surface area contributed by atoms with Crippen LogP contribution in [0.25, 0.3) is 0 Å². The predicted octanol–water partition coefficient (Wildman–Crippen LogP) is 1.92. The van der Waals surface area contributed by atoms with E-state index in [9.17, 15) is 14.9 Å². The summed E-state index contributed by atoms with van der Waals surface area (Å²) < 4.78 is 5.06. The number of aromatic nitrogens is 1. The average Bonchev–Trinajstić information content (AvgIpc) is 3.23. The molecule has 0 bridgehead atoms. The van der Waals surface area contributed by atoms with E-state index in [1.807, 2.05) is 0 Å². The van der Waals surface area contributed by atoms with E-state index in [4.69, 9.17) is 9.84 Å². The van der Waals surface area contributed by atoms with Crippen molar-refractivity contribution in [1.29, 1.82) is 0 Å². The first-order chi connectivity index (χ1) is 9.97. The molecule has 1 aromatic heterocycles. The Bertz CT molecular complexity index is 557.